The number of hydrogen-bond donors (Lipinski definition) is 1. The van der Waals surface area contributed by atoms with Gasteiger partial charge in [0.05, 0.1) is 19.6 Å². The van der Waals surface area contributed by atoms with Crippen molar-refractivity contribution < 1.29 is 33.6 Å². The van der Waals surface area contributed by atoms with E-state index in [1.54, 1.807) is 0 Å². The van der Waals surface area contributed by atoms with Crippen molar-refractivity contribution >= 4 is 11.8 Å². The van der Waals surface area contributed by atoms with Gasteiger partial charge in [-0.25, -0.2) is 4.98 Å². The van der Waals surface area contributed by atoms with Crippen LogP contribution in [0, 0.1) is 11.8 Å². The van der Waals surface area contributed by atoms with Gasteiger partial charge in [0.25, 0.3) is 0 Å². The molecule has 38 heavy (non-hydrogen) atoms. The topological polar surface area (TPSA) is 104 Å². The van der Waals surface area contributed by atoms with Crippen molar-refractivity contribution in [3.05, 3.63) is 84.2 Å². The number of cyclic esters (lactones) is 1. The van der Waals surface area contributed by atoms with Gasteiger partial charge in [-0.05, 0) is 37.5 Å². The Kier molecular flexibility index (Phi) is 9.32. The van der Waals surface area contributed by atoms with E-state index < -0.39 is 29.9 Å². The highest BCUT2D eigenvalue weighted by Gasteiger charge is 2.36. The summed E-state index contributed by atoms with van der Waals surface area (Å²) in [6.45, 7) is 2.23. The largest absolute Gasteiger partial charge is 0.503 e. The number of esters is 1. The van der Waals surface area contributed by atoms with E-state index in [1.165, 1.54) is 19.4 Å². The number of benzene rings is 2. The van der Waals surface area contributed by atoms with Crippen LogP contribution in [0.4, 0.5) is 0 Å². The van der Waals surface area contributed by atoms with Gasteiger partial charge in [0.2, 0.25) is 0 Å². The third kappa shape index (κ3) is 6.89. The molecule has 0 unspecified atom stereocenters. The van der Waals surface area contributed by atoms with E-state index in [-0.39, 0.29) is 36.1 Å². The number of ketones is 1. The Morgan fingerprint density at radius 3 is 2.50 bits per heavy atom. The van der Waals surface area contributed by atoms with Crippen molar-refractivity contribution in [2.24, 2.45) is 11.8 Å². The molecule has 3 aromatic rings. The molecule has 1 aromatic heterocycles. The van der Waals surface area contributed by atoms with Gasteiger partial charge in [-0.1, -0.05) is 48.5 Å². The fraction of sp³-hybridized carbons (Fsp3) is 0.367. The molecule has 8 nitrogen and oxygen atoms in total. The van der Waals surface area contributed by atoms with Crippen LogP contribution in [-0.4, -0.2) is 54.4 Å². The second-order valence-corrected chi connectivity index (χ2v) is 9.39. The van der Waals surface area contributed by atoms with Crippen molar-refractivity contribution in [2.75, 3.05) is 20.3 Å². The van der Waals surface area contributed by atoms with Crippen LogP contribution in [0.3, 0.4) is 0 Å². The van der Waals surface area contributed by atoms with E-state index >= 15 is 0 Å². The zero-order chi connectivity index (χ0) is 26.9. The molecule has 1 aliphatic rings. The number of Topliss-reactive ketones (excluding diaryl/α,β-unsaturated/α-hetero) is 1. The van der Waals surface area contributed by atoms with E-state index in [0.717, 1.165) is 12.0 Å². The lowest BCUT2D eigenvalue weighted by atomic mass is 9.88. The molecular weight excluding hydrogens is 486 g/mol. The number of rotatable bonds is 8. The molecule has 200 valence electrons. The minimum atomic E-state index is -0.861. The first-order chi connectivity index (χ1) is 18.5. The van der Waals surface area contributed by atoms with Crippen LogP contribution in [0.15, 0.2) is 72.9 Å². The lowest BCUT2D eigenvalue weighted by Gasteiger charge is -2.34. The van der Waals surface area contributed by atoms with Crippen LogP contribution in [0.1, 0.15) is 35.8 Å². The highest BCUT2D eigenvalue weighted by Crippen LogP contribution is 2.30. The van der Waals surface area contributed by atoms with Crippen LogP contribution in [0.25, 0.3) is 0 Å². The Bertz CT molecular complexity index is 1200. The zero-order valence-electron chi connectivity index (χ0n) is 21.6. The van der Waals surface area contributed by atoms with E-state index in [0.29, 0.717) is 18.8 Å². The molecule has 2 aromatic carbocycles. The molecule has 0 radical (unpaired) electrons. The van der Waals surface area contributed by atoms with Gasteiger partial charge in [-0.2, -0.15) is 0 Å². The third-order valence-corrected chi connectivity index (χ3v) is 6.67. The molecular formula is C30H33NO7. The van der Waals surface area contributed by atoms with Gasteiger partial charge >= 0.3 is 5.97 Å². The van der Waals surface area contributed by atoms with Crippen molar-refractivity contribution in [3.63, 3.8) is 0 Å². The Morgan fingerprint density at radius 1 is 1.08 bits per heavy atom. The fourth-order valence-electron chi connectivity index (χ4n) is 4.67. The highest BCUT2D eigenvalue weighted by atomic mass is 16.6. The maximum absolute atomic E-state index is 13.3. The number of aromatic hydroxyl groups is 1. The molecule has 4 rings (SSSR count). The number of carbonyl (C=O) groups excluding carboxylic acids is 2. The van der Waals surface area contributed by atoms with Crippen molar-refractivity contribution in [3.8, 4) is 17.2 Å². The first kappa shape index (κ1) is 27.1. The number of hydrogen-bond acceptors (Lipinski definition) is 8. The van der Waals surface area contributed by atoms with Crippen LogP contribution >= 0.6 is 0 Å². The van der Waals surface area contributed by atoms with E-state index in [4.69, 9.17) is 18.9 Å². The standard InChI is InChI=1S/C30H33NO7/c1-20-29(38-24-11-7-4-8-12-24)22(17-21-9-5-3-6-10-21)14-16-36-19-23(30(34)37-20)18-25(32)27-28(33)26(35-2)13-15-31-27/h3-13,15,20,22-23,29,33H,14,16-19H2,1-2H3/t20-,22+,23-,29-/m0/s1. The second kappa shape index (κ2) is 13.1. The van der Waals surface area contributed by atoms with Gasteiger partial charge in [-0.15, -0.1) is 0 Å². The molecule has 0 saturated carbocycles. The quantitative estimate of drug-likeness (QED) is 0.339. The predicted molar refractivity (Wildman–Crippen MR) is 140 cm³/mol. The molecule has 1 N–H and O–H groups in total. The monoisotopic (exact) mass is 519 g/mol. The maximum atomic E-state index is 13.3. The number of ether oxygens (including phenoxy) is 4. The number of nitrogens with zero attached hydrogens (tertiary/aromatic N) is 1. The summed E-state index contributed by atoms with van der Waals surface area (Å²) < 4.78 is 23.3. The number of carbonyl (C=O) groups is 2. The summed E-state index contributed by atoms with van der Waals surface area (Å²) in [7, 11) is 1.39. The molecule has 1 saturated heterocycles. The molecule has 0 amide bonds. The summed E-state index contributed by atoms with van der Waals surface area (Å²) >= 11 is 0. The van der Waals surface area contributed by atoms with Crippen LogP contribution < -0.4 is 9.47 Å². The number of para-hydroxylation sites is 1. The number of aromatic nitrogens is 1. The van der Waals surface area contributed by atoms with Gasteiger partial charge in [0.1, 0.15) is 18.0 Å². The van der Waals surface area contributed by atoms with Gasteiger partial charge in [-0.3, -0.25) is 9.59 Å². The van der Waals surface area contributed by atoms with Crippen molar-refractivity contribution in [2.45, 2.75) is 38.4 Å². The average Bonchev–Trinajstić information content (AvgIpc) is 2.93. The first-order valence-corrected chi connectivity index (χ1v) is 12.7. The maximum Gasteiger partial charge on any atom is 0.312 e. The fourth-order valence-corrected chi connectivity index (χ4v) is 4.67. The summed E-state index contributed by atoms with van der Waals surface area (Å²) in [4.78, 5) is 30.2. The van der Waals surface area contributed by atoms with Crippen LogP contribution in [-0.2, 0) is 20.7 Å². The molecule has 1 aliphatic heterocycles. The molecule has 0 spiro atoms. The van der Waals surface area contributed by atoms with Gasteiger partial charge in [0, 0.05) is 31.2 Å². The lowest BCUT2D eigenvalue weighted by Crippen LogP contribution is -2.43. The Hall–Kier alpha value is -3.91. The number of pyridine rings is 1. The lowest BCUT2D eigenvalue weighted by molar-refractivity contribution is -0.163. The Labute approximate surface area is 222 Å². The third-order valence-electron chi connectivity index (χ3n) is 6.67. The van der Waals surface area contributed by atoms with Gasteiger partial charge < -0.3 is 24.1 Å². The molecule has 0 bridgehead atoms. The van der Waals surface area contributed by atoms with Gasteiger partial charge in [0.15, 0.2) is 23.0 Å². The molecule has 4 atom stereocenters. The van der Waals surface area contributed by atoms with Crippen LogP contribution in [0.2, 0.25) is 0 Å². The summed E-state index contributed by atoms with van der Waals surface area (Å²) in [6, 6.07) is 21.0. The molecule has 2 heterocycles. The Morgan fingerprint density at radius 2 is 1.79 bits per heavy atom. The minimum absolute atomic E-state index is 0.0107. The van der Waals surface area contributed by atoms with E-state index in [9.17, 15) is 14.7 Å². The normalized spacial score (nSPS) is 22.2. The average molecular weight is 520 g/mol. The SMILES string of the molecule is COc1ccnc(C(=O)C[C@H]2COCC[C@H](Cc3ccccc3)[C@@H](Oc3ccccc3)[C@H](C)OC2=O)c1O. The van der Waals surface area contributed by atoms with Crippen molar-refractivity contribution in [1.29, 1.82) is 0 Å². The predicted octanol–water partition coefficient (Wildman–Crippen LogP) is 4.64. The zero-order valence-corrected chi connectivity index (χ0v) is 21.6. The summed E-state index contributed by atoms with van der Waals surface area (Å²) in [5.41, 5.74) is 0.999. The van der Waals surface area contributed by atoms with E-state index in [1.807, 2.05) is 55.5 Å². The minimum Gasteiger partial charge on any atom is -0.503 e. The second-order valence-electron chi connectivity index (χ2n) is 9.39. The molecule has 1 fully saturated rings. The number of methoxy groups -OCH3 is 1. The van der Waals surface area contributed by atoms with E-state index in [2.05, 4.69) is 17.1 Å². The Balaban J connectivity index is 1.53. The molecule has 0 aliphatic carbocycles. The summed E-state index contributed by atoms with van der Waals surface area (Å²) in [5.74, 6) is -1.46. The molecule has 8 heteroatoms. The first-order valence-electron chi connectivity index (χ1n) is 12.7. The highest BCUT2D eigenvalue weighted by molar-refractivity contribution is 5.99. The summed E-state index contributed by atoms with van der Waals surface area (Å²) in [5, 5.41) is 10.3. The van der Waals surface area contributed by atoms with Crippen LogP contribution in [0.5, 0.6) is 17.2 Å². The smallest absolute Gasteiger partial charge is 0.312 e. The summed E-state index contributed by atoms with van der Waals surface area (Å²) in [6.07, 6.45) is 1.52. The van der Waals surface area contributed by atoms with Crippen molar-refractivity contribution in [1.82, 2.24) is 4.98 Å².